The highest BCUT2D eigenvalue weighted by molar-refractivity contribution is 9.10. The van der Waals surface area contributed by atoms with Crippen molar-refractivity contribution < 1.29 is 13.2 Å². The number of hydrazine groups is 1. The number of nitrogens with one attached hydrogen (secondary N) is 3. The van der Waals surface area contributed by atoms with Crippen molar-refractivity contribution in [2.45, 2.75) is 17.6 Å². The lowest BCUT2D eigenvalue weighted by Gasteiger charge is -2.05. The van der Waals surface area contributed by atoms with Crippen LogP contribution in [0.25, 0.3) is 0 Å². The van der Waals surface area contributed by atoms with Crippen molar-refractivity contribution in [1.29, 1.82) is 0 Å². The second kappa shape index (κ2) is 6.08. The Morgan fingerprint density at radius 1 is 1.45 bits per heavy atom. The van der Waals surface area contributed by atoms with Crippen LogP contribution in [0.5, 0.6) is 0 Å². The molecule has 0 aliphatic carbocycles. The molecule has 0 spiro atoms. The van der Waals surface area contributed by atoms with Gasteiger partial charge in [-0.1, -0.05) is 6.92 Å². The van der Waals surface area contributed by atoms with Gasteiger partial charge in [0.2, 0.25) is 0 Å². The number of thiophene rings is 1. The smallest absolute Gasteiger partial charge is 0.282 e. The summed E-state index contributed by atoms with van der Waals surface area (Å²) in [6.07, 6.45) is 2.35. The zero-order valence-corrected chi connectivity index (χ0v) is 13.7. The van der Waals surface area contributed by atoms with Crippen molar-refractivity contribution in [2.24, 2.45) is 0 Å². The van der Waals surface area contributed by atoms with Crippen LogP contribution in [-0.2, 0) is 16.4 Å². The number of rotatable bonds is 5. The third kappa shape index (κ3) is 3.48. The van der Waals surface area contributed by atoms with E-state index in [9.17, 15) is 13.2 Å². The maximum absolute atomic E-state index is 12.0. The number of halogens is 1. The fourth-order valence-corrected chi connectivity index (χ4v) is 3.90. The maximum Gasteiger partial charge on any atom is 0.282 e. The summed E-state index contributed by atoms with van der Waals surface area (Å²) >= 11 is 4.36. The van der Waals surface area contributed by atoms with E-state index in [4.69, 9.17) is 0 Å². The number of hydrogen-bond acceptors (Lipinski definition) is 4. The fraction of sp³-hybridized carbons (Fsp3) is 0.182. The molecule has 2 rings (SSSR count). The number of amides is 1. The SMILES string of the molecule is CCc1ccc(S(=O)(=O)NNC(=O)c2cc(Br)c[nH]2)s1. The van der Waals surface area contributed by atoms with E-state index in [1.54, 1.807) is 18.3 Å². The van der Waals surface area contributed by atoms with Crippen LogP contribution in [0, 0.1) is 0 Å². The maximum atomic E-state index is 12.0. The first-order chi connectivity index (χ1) is 9.42. The first-order valence-corrected chi connectivity index (χ1v) is 8.76. The monoisotopic (exact) mass is 377 g/mol. The Morgan fingerprint density at radius 3 is 2.75 bits per heavy atom. The van der Waals surface area contributed by atoms with Gasteiger partial charge in [0.1, 0.15) is 9.90 Å². The second-order valence-corrected chi connectivity index (χ2v) is 7.86. The molecule has 0 unspecified atom stereocenters. The van der Waals surface area contributed by atoms with Gasteiger partial charge in [-0.2, -0.15) is 0 Å². The van der Waals surface area contributed by atoms with E-state index in [1.807, 2.05) is 6.92 Å². The molecular formula is C11H12BrN3O3S2. The number of aromatic amines is 1. The van der Waals surface area contributed by atoms with Gasteiger partial charge >= 0.3 is 0 Å². The molecule has 0 fully saturated rings. The van der Waals surface area contributed by atoms with Gasteiger partial charge in [0.25, 0.3) is 15.9 Å². The quantitative estimate of drug-likeness (QED) is 0.696. The molecule has 108 valence electrons. The summed E-state index contributed by atoms with van der Waals surface area (Å²) in [5.41, 5.74) is 2.41. The standard InChI is InChI=1S/C11H12BrN3O3S2/c1-2-8-3-4-10(19-8)20(17,18)15-14-11(16)9-5-7(12)6-13-9/h3-6,13,15H,2H2,1H3,(H,14,16). The predicted molar refractivity (Wildman–Crippen MR) is 80.0 cm³/mol. The van der Waals surface area contributed by atoms with Gasteiger partial charge in [-0.05, 0) is 40.5 Å². The first-order valence-electron chi connectivity index (χ1n) is 5.67. The Bertz CT molecular complexity index is 721. The van der Waals surface area contributed by atoms with Crippen molar-refractivity contribution in [3.05, 3.63) is 39.4 Å². The molecule has 0 atom stereocenters. The van der Waals surface area contributed by atoms with Crippen LogP contribution < -0.4 is 10.3 Å². The van der Waals surface area contributed by atoms with E-state index in [0.29, 0.717) is 4.47 Å². The Hall–Kier alpha value is -1.16. The highest BCUT2D eigenvalue weighted by atomic mass is 79.9. The van der Waals surface area contributed by atoms with Crippen LogP contribution in [0.15, 0.2) is 33.1 Å². The molecule has 1 amide bonds. The lowest BCUT2D eigenvalue weighted by molar-refractivity contribution is 0.0940. The first kappa shape index (κ1) is 15.2. The van der Waals surface area contributed by atoms with Crippen molar-refractivity contribution in [1.82, 2.24) is 15.2 Å². The molecule has 0 saturated carbocycles. The Kier molecular flexibility index (Phi) is 4.63. The van der Waals surface area contributed by atoms with E-state index < -0.39 is 15.9 Å². The average Bonchev–Trinajstić information content (AvgIpc) is 3.04. The Labute approximate surface area is 128 Å². The largest absolute Gasteiger partial charge is 0.356 e. The lowest BCUT2D eigenvalue weighted by atomic mass is 10.4. The van der Waals surface area contributed by atoms with E-state index in [2.05, 4.69) is 31.2 Å². The molecule has 0 aliphatic heterocycles. The van der Waals surface area contributed by atoms with E-state index in [1.165, 1.54) is 17.4 Å². The summed E-state index contributed by atoms with van der Waals surface area (Å²) in [7, 11) is -3.73. The van der Waals surface area contributed by atoms with E-state index in [-0.39, 0.29) is 9.90 Å². The molecule has 9 heteroatoms. The Balaban J connectivity index is 2.04. The van der Waals surface area contributed by atoms with Gasteiger partial charge in [-0.3, -0.25) is 10.2 Å². The number of sulfonamides is 1. The molecule has 3 N–H and O–H groups in total. The summed E-state index contributed by atoms with van der Waals surface area (Å²) in [5.74, 6) is -0.563. The lowest BCUT2D eigenvalue weighted by Crippen LogP contribution is -2.41. The van der Waals surface area contributed by atoms with Gasteiger partial charge in [-0.25, -0.2) is 8.42 Å². The van der Waals surface area contributed by atoms with Crippen molar-refractivity contribution in [3.63, 3.8) is 0 Å². The van der Waals surface area contributed by atoms with Gasteiger partial charge in [0, 0.05) is 15.5 Å². The molecule has 2 aromatic heterocycles. The molecular weight excluding hydrogens is 366 g/mol. The molecule has 0 radical (unpaired) electrons. The van der Waals surface area contributed by atoms with Crippen LogP contribution in [0.4, 0.5) is 0 Å². The minimum atomic E-state index is -3.73. The summed E-state index contributed by atoms with van der Waals surface area (Å²) < 4.78 is 24.8. The van der Waals surface area contributed by atoms with Crippen molar-refractivity contribution in [2.75, 3.05) is 0 Å². The number of carbonyl (C=O) groups excluding carboxylic acids is 1. The normalized spacial score (nSPS) is 11.5. The second-order valence-electron chi connectivity index (χ2n) is 3.87. The number of hydrogen-bond donors (Lipinski definition) is 3. The van der Waals surface area contributed by atoms with Gasteiger partial charge in [-0.15, -0.1) is 16.2 Å². The Morgan fingerprint density at radius 2 is 2.20 bits per heavy atom. The zero-order chi connectivity index (χ0) is 14.8. The third-order valence-corrected chi connectivity index (χ3v) is 5.87. The highest BCUT2D eigenvalue weighted by Gasteiger charge is 2.18. The van der Waals surface area contributed by atoms with Crippen molar-refractivity contribution in [3.8, 4) is 0 Å². The molecule has 0 aliphatic rings. The van der Waals surface area contributed by atoms with E-state index in [0.717, 1.165) is 11.3 Å². The van der Waals surface area contributed by atoms with Crippen LogP contribution in [-0.4, -0.2) is 19.3 Å². The minimum Gasteiger partial charge on any atom is -0.356 e. The molecule has 6 nitrogen and oxygen atoms in total. The van der Waals surface area contributed by atoms with E-state index >= 15 is 0 Å². The molecule has 2 aromatic rings. The van der Waals surface area contributed by atoms with Crippen LogP contribution in [0.3, 0.4) is 0 Å². The highest BCUT2D eigenvalue weighted by Crippen LogP contribution is 2.21. The fourth-order valence-electron chi connectivity index (χ4n) is 1.42. The summed E-state index contributed by atoms with van der Waals surface area (Å²) in [4.78, 5) is 17.4. The van der Waals surface area contributed by atoms with Crippen LogP contribution in [0.2, 0.25) is 0 Å². The predicted octanol–water partition coefficient (Wildman–Crippen LogP) is 2.02. The molecule has 0 bridgehead atoms. The topological polar surface area (TPSA) is 91.1 Å². The summed E-state index contributed by atoms with van der Waals surface area (Å²) in [5, 5.41) is 0. The molecule has 0 aromatic carbocycles. The number of aryl methyl sites for hydroxylation is 1. The minimum absolute atomic E-state index is 0.169. The van der Waals surface area contributed by atoms with Crippen LogP contribution in [0.1, 0.15) is 22.3 Å². The molecule has 2 heterocycles. The van der Waals surface area contributed by atoms with Gasteiger partial charge < -0.3 is 4.98 Å². The summed E-state index contributed by atoms with van der Waals surface area (Å²) in [6, 6.07) is 4.82. The van der Waals surface area contributed by atoms with Crippen molar-refractivity contribution >= 4 is 43.2 Å². The summed E-state index contributed by atoms with van der Waals surface area (Å²) in [6.45, 7) is 1.94. The van der Waals surface area contributed by atoms with Gasteiger partial charge in [0.15, 0.2) is 0 Å². The number of aromatic nitrogens is 1. The zero-order valence-electron chi connectivity index (χ0n) is 10.4. The van der Waals surface area contributed by atoms with Crippen LogP contribution >= 0.6 is 27.3 Å². The molecule has 0 saturated heterocycles. The molecule has 20 heavy (non-hydrogen) atoms. The number of carbonyl (C=O) groups is 1. The number of H-pyrrole nitrogens is 1. The van der Waals surface area contributed by atoms with Gasteiger partial charge in [0.05, 0.1) is 0 Å². The average molecular weight is 378 g/mol. The third-order valence-electron chi connectivity index (χ3n) is 2.44.